The highest BCUT2D eigenvalue weighted by molar-refractivity contribution is 7.14. The number of pyridine rings is 1. The maximum absolute atomic E-state index is 14.0. The number of allylic oxidation sites excluding steroid dienone is 2. The number of fused-ring (bicyclic) bond motifs is 1. The van der Waals surface area contributed by atoms with Crippen molar-refractivity contribution >= 4 is 33.1 Å². The zero-order chi connectivity index (χ0) is 24.9. The molecule has 36 heavy (non-hydrogen) atoms. The van der Waals surface area contributed by atoms with Gasteiger partial charge in [-0.05, 0) is 68.8 Å². The van der Waals surface area contributed by atoms with Crippen molar-refractivity contribution in [2.75, 3.05) is 31.3 Å². The number of ether oxygens (including phenoxy) is 2. The summed E-state index contributed by atoms with van der Waals surface area (Å²) in [5, 5.41) is 4.76. The van der Waals surface area contributed by atoms with E-state index in [1.807, 2.05) is 17.7 Å². The predicted molar refractivity (Wildman–Crippen MR) is 137 cm³/mol. The van der Waals surface area contributed by atoms with Gasteiger partial charge in [0.2, 0.25) is 0 Å². The molecule has 6 rings (SSSR count). The Balaban J connectivity index is 1.51. The average molecular weight is 516 g/mol. The number of hydrogen-bond donors (Lipinski definition) is 0. The Morgan fingerprint density at radius 1 is 1.19 bits per heavy atom. The molecule has 3 aromatic heterocycles. The Labute approximate surface area is 213 Å². The van der Waals surface area contributed by atoms with Crippen LogP contribution in [0.4, 0.5) is 14.6 Å². The van der Waals surface area contributed by atoms with Gasteiger partial charge in [-0.3, -0.25) is 0 Å². The molecule has 2 saturated heterocycles. The minimum atomic E-state index is -2.64. The molecule has 2 aliphatic heterocycles. The Kier molecular flexibility index (Phi) is 6.29. The lowest BCUT2D eigenvalue weighted by molar-refractivity contribution is -0.0385. The van der Waals surface area contributed by atoms with Crippen molar-refractivity contribution in [1.82, 2.24) is 19.1 Å². The molecular weight excluding hydrogens is 484 g/mol. The Morgan fingerprint density at radius 3 is 2.83 bits per heavy atom. The third kappa shape index (κ3) is 4.43. The fourth-order valence-electron chi connectivity index (χ4n) is 5.40. The van der Waals surface area contributed by atoms with Gasteiger partial charge in [0.25, 0.3) is 5.92 Å². The molecule has 3 aliphatic rings. The van der Waals surface area contributed by atoms with Crippen LogP contribution < -0.4 is 4.90 Å². The van der Waals surface area contributed by atoms with Crippen molar-refractivity contribution in [3.05, 3.63) is 29.5 Å². The molecule has 5 heterocycles. The zero-order valence-corrected chi connectivity index (χ0v) is 21.5. The van der Waals surface area contributed by atoms with Crippen LogP contribution in [0.2, 0.25) is 0 Å². The number of aryl methyl sites for hydroxylation is 1. The first kappa shape index (κ1) is 23.9. The number of morpholine rings is 1. The van der Waals surface area contributed by atoms with Crippen LogP contribution in [0.25, 0.3) is 27.2 Å². The second-order valence-corrected chi connectivity index (χ2v) is 10.9. The van der Waals surface area contributed by atoms with Crippen LogP contribution in [0.5, 0.6) is 0 Å². The highest BCUT2D eigenvalue weighted by Crippen LogP contribution is 2.43. The van der Waals surface area contributed by atoms with Gasteiger partial charge in [-0.1, -0.05) is 6.08 Å². The van der Waals surface area contributed by atoms with Gasteiger partial charge in [-0.25, -0.2) is 18.4 Å². The molecule has 10 heteroatoms. The van der Waals surface area contributed by atoms with Crippen LogP contribution in [0.15, 0.2) is 18.2 Å². The number of alkyl halides is 2. The van der Waals surface area contributed by atoms with Gasteiger partial charge in [-0.2, -0.15) is 9.47 Å². The van der Waals surface area contributed by atoms with Crippen molar-refractivity contribution in [3.63, 3.8) is 0 Å². The number of anilines is 1. The van der Waals surface area contributed by atoms with Gasteiger partial charge in [0, 0.05) is 31.6 Å². The fourth-order valence-corrected chi connectivity index (χ4v) is 6.28. The second kappa shape index (κ2) is 9.46. The fraction of sp³-hybridized carbons (Fsp3) is 0.577. The van der Waals surface area contributed by atoms with E-state index in [1.165, 1.54) is 11.5 Å². The first-order valence-corrected chi connectivity index (χ1v) is 13.6. The highest BCUT2D eigenvalue weighted by atomic mass is 32.1. The summed E-state index contributed by atoms with van der Waals surface area (Å²) in [6.45, 7) is 6.82. The van der Waals surface area contributed by atoms with E-state index in [1.54, 1.807) is 6.08 Å². The number of halogens is 2. The summed E-state index contributed by atoms with van der Waals surface area (Å²) >= 11 is 1.38. The van der Waals surface area contributed by atoms with E-state index >= 15 is 0 Å². The van der Waals surface area contributed by atoms with Crippen molar-refractivity contribution in [2.24, 2.45) is 0 Å². The summed E-state index contributed by atoms with van der Waals surface area (Å²) in [6, 6.07) is 4.27. The lowest BCUT2D eigenvalue weighted by atomic mass is 9.91. The third-order valence-corrected chi connectivity index (χ3v) is 8.23. The largest absolute Gasteiger partial charge is 0.377 e. The molecule has 0 aromatic carbocycles. The van der Waals surface area contributed by atoms with Crippen molar-refractivity contribution in [3.8, 4) is 11.4 Å². The van der Waals surface area contributed by atoms with Crippen LogP contribution >= 0.6 is 11.5 Å². The molecule has 2 fully saturated rings. The van der Waals surface area contributed by atoms with Gasteiger partial charge in [0.05, 0.1) is 35.3 Å². The van der Waals surface area contributed by atoms with Gasteiger partial charge in [-0.15, -0.1) is 0 Å². The molecule has 0 amide bonds. The van der Waals surface area contributed by atoms with E-state index in [0.29, 0.717) is 19.6 Å². The van der Waals surface area contributed by atoms with E-state index in [9.17, 15) is 8.78 Å². The Hall–Kier alpha value is -2.43. The predicted octanol–water partition coefficient (Wildman–Crippen LogP) is 5.99. The summed E-state index contributed by atoms with van der Waals surface area (Å²) in [7, 11) is 0. The SMILES string of the molecule is Cc1cc(-c2nsc3c(C4=CCC(F)(F)CC4)cc(N4CCOC[C@H]4C)nc23)n(C2CCCCO2)n1. The van der Waals surface area contributed by atoms with Crippen molar-refractivity contribution in [2.45, 2.75) is 70.6 Å². The molecule has 3 aromatic rings. The van der Waals surface area contributed by atoms with Gasteiger partial charge in [0.1, 0.15) is 17.0 Å². The highest BCUT2D eigenvalue weighted by Gasteiger charge is 2.33. The smallest absolute Gasteiger partial charge is 0.251 e. The van der Waals surface area contributed by atoms with Gasteiger partial charge in [0.15, 0.2) is 6.23 Å². The quantitative estimate of drug-likeness (QED) is 0.425. The number of aromatic nitrogens is 4. The molecule has 192 valence electrons. The summed E-state index contributed by atoms with van der Waals surface area (Å²) in [6.07, 6.45) is 4.62. The maximum Gasteiger partial charge on any atom is 0.251 e. The summed E-state index contributed by atoms with van der Waals surface area (Å²) in [4.78, 5) is 7.37. The normalized spacial score (nSPS) is 24.8. The molecule has 0 radical (unpaired) electrons. The zero-order valence-electron chi connectivity index (χ0n) is 20.7. The van der Waals surface area contributed by atoms with Crippen molar-refractivity contribution in [1.29, 1.82) is 0 Å². The first-order chi connectivity index (χ1) is 17.4. The number of rotatable bonds is 4. The molecule has 0 saturated carbocycles. The maximum atomic E-state index is 14.0. The molecule has 1 aliphatic carbocycles. The van der Waals surface area contributed by atoms with E-state index in [2.05, 4.69) is 17.9 Å². The molecule has 1 unspecified atom stereocenters. The topological polar surface area (TPSA) is 65.3 Å². The standard InChI is InChI=1S/C26H31F2N5O2S/c1-16-13-20(33(30-16)22-5-3-4-11-35-22)23-24-25(36-31-23)19(18-6-8-26(27,28)9-7-18)14-21(29-24)32-10-12-34-15-17(32)2/h6,13-14,17,22H,3-5,7-12,15H2,1-2H3/t17-,22?/m1/s1. The van der Waals surface area contributed by atoms with Crippen LogP contribution in [0.3, 0.4) is 0 Å². The number of hydrogen-bond acceptors (Lipinski definition) is 7. The Bertz CT molecular complexity index is 1300. The van der Waals surface area contributed by atoms with Crippen molar-refractivity contribution < 1.29 is 18.3 Å². The monoisotopic (exact) mass is 515 g/mol. The van der Waals surface area contributed by atoms with Crippen LogP contribution in [0, 0.1) is 6.92 Å². The van der Waals surface area contributed by atoms with E-state index in [4.69, 9.17) is 23.9 Å². The molecule has 2 atom stereocenters. The van der Waals surface area contributed by atoms with Crippen LogP contribution in [0.1, 0.15) is 62.9 Å². The van der Waals surface area contributed by atoms with E-state index in [0.717, 1.165) is 76.7 Å². The molecule has 0 spiro atoms. The minimum absolute atomic E-state index is 0.121. The van der Waals surface area contributed by atoms with E-state index < -0.39 is 5.92 Å². The van der Waals surface area contributed by atoms with E-state index in [-0.39, 0.29) is 25.1 Å². The molecular formula is C26H31F2N5O2S. The summed E-state index contributed by atoms with van der Waals surface area (Å²) < 4.78 is 47.4. The molecule has 0 bridgehead atoms. The summed E-state index contributed by atoms with van der Waals surface area (Å²) in [5.74, 6) is -1.80. The minimum Gasteiger partial charge on any atom is -0.377 e. The van der Waals surface area contributed by atoms with Gasteiger partial charge < -0.3 is 14.4 Å². The number of nitrogens with zero attached hydrogens (tertiary/aromatic N) is 5. The third-order valence-electron chi connectivity index (χ3n) is 7.36. The van der Waals surface area contributed by atoms with Crippen LogP contribution in [-0.2, 0) is 9.47 Å². The second-order valence-electron chi connectivity index (χ2n) is 10.1. The average Bonchev–Trinajstić information content (AvgIpc) is 3.47. The summed E-state index contributed by atoms with van der Waals surface area (Å²) in [5.41, 5.74) is 5.27. The van der Waals surface area contributed by atoms with Crippen LogP contribution in [-0.4, -0.2) is 57.5 Å². The molecule has 0 N–H and O–H groups in total. The lowest BCUT2D eigenvalue weighted by Crippen LogP contribution is -2.44. The lowest BCUT2D eigenvalue weighted by Gasteiger charge is -2.34. The Morgan fingerprint density at radius 2 is 2.08 bits per heavy atom. The first-order valence-electron chi connectivity index (χ1n) is 12.8. The molecule has 7 nitrogen and oxygen atoms in total. The van der Waals surface area contributed by atoms with Gasteiger partial charge >= 0.3 is 0 Å².